The number of aryl methyl sites for hydroxylation is 2. The molecule has 0 aliphatic carbocycles. The molecule has 34 heavy (non-hydrogen) atoms. The van der Waals surface area contributed by atoms with Gasteiger partial charge >= 0.3 is 0 Å². The van der Waals surface area contributed by atoms with E-state index in [4.69, 9.17) is 25.8 Å². The van der Waals surface area contributed by atoms with Gasteiger partial charge in [-0.05, 0) is 32.0 Å². The summed E-state index contributed by atoms with van der Waals surface area (Å²) in [5, 5.41) is 0.548. The SMILES string of the molecule is Cc1ncc(C(=O)N2CCO[C@@](COc3cccc(Cl)c3)(CC(=O)N3CCOCC3)C2)c(C)n1. The topological polar surface area (TPSA) is 94.1 Å². The fraction of sp³-hybridized carbons (Fsp3) is 0.500. The number of rotatable bonds is 6. The van der Waals surface area contributed by atoms with Crippen molar-refractivity contribution in [3.63, 3.8) is 0 Å². The Labute approximate surface area is 204 Å². The second-order valence-corrected chi connectivity index (χ2v) is 9.03. The first kappa shape index (κ1) is 24.4. The van der Waals surface area contributed by atoms with Gasteiger partial charge in [-0.15, -0.1) is 0 Å². The fourth-order valence-electron chi connectivity index (χ4n) is 4.20. The molecule has 2 aliphatic rings. The summed E-state index contributed by atoms with van der Waals surface area (Å²) < 4.78 is 17.6. The van der Waals surface area contributed by atoms with E-state index >= 15 is 0 Å². The molecule has 1 atom stereocenters. The van der Waals surface area contributed by atoms with Gasteiger partial charge in [0.15, 0.2) is 0 Å². The normalized spacial score (nSPS) is 20.8. The van der Waals surface area contributed by atoms with Gasteiger partial charge < -0.3 is 24.0 Å². The summed E-state index contributed by atoms with van der Waals surface area (Å²) in [6.07, 6.45) is 1.64. The molecule has 2 fully saturated rings. The second-order valence-electron chi connectivity index (χ2n) is 8.59. The quantitative estimate of drug-likeness (QED) is 0.615. The van der Waals surface area contributed by atoms with Crippen LogP contribution in [0.15, 0.2) is 30.5 Å². The van der Waals surface area contributed by atoms with Crippen LogP contribution in [-0.2, 0) is 14.3 Å². The molecule has 1 aromatic carbocycles. The molecule has 2 saturated heterocycles. The van der Waals surface area contributed by atoms with Crippen molar-refractivity contribution >= 4 is 23.4 Å². The van der Waals surface area contributed by atoms with Crippen molar-refractivity contribution in [1.82, 2.24) is 19.8 Å². The van der Waals surface area contributed by atoms with Gasteiger partial charge in [0, 0.05) is 30.9 Å². The molecule has 0 saturated carbocycles. The lowest BCUT2D eigenvalue weighted by Gasteiger charge is -2.43. The molecule has 1 aromatic heterocycles. The van der Waals surface area contributed by atoms with Crippen LogP contribution in [0.2, 0.25) is 5.02 Å². The summed E-state index contributed by atoms with van der Waals surface area (Å²) in [4.78, 5) is 38.5. The van der Waals surface area contributed by atoms with Gasteiger partial charge in [-0.1, -0.05) is 17.7 Å². The maximum absolute atomic E-state index is 13.3. The molecule has 0 radical (unpaired) electrons. The molecule has 0 spiro atoms. The maximum atomic E-state index is 13.3. The third-order valence-corrected chi connectivity index (χ3v) is 6.24. The van der Waals surface area contributed by atoms with Crippen LogP contribution < -0.4 is 4.74 Å². The van der Waals surface area contributed by atoms with Crippen molar-refractivity contribution in [3.05, 3.63) is 52.6 Å². The van der Waals surface area contributed by atoms with Crippen LogP contribution in [0.1, 0.15) is 28.3 Å². The lowest BCUT2D eigenvalue weighted by molar-refractivity contribution is -0.155. The van der Waals surface area contributed by atoms with Gasteiger partial charge in [-0.3, -0.25) is 9.59 Å². The molecule has 0 unspecified atom stereocenters. The Balaban J connectivity index is 1.55. The highest BCUT2D eigenvalue weighted by Gasteiger charge is 2.43. The standard InChI is InChI=1S/C24H29ClN4O5/c1-17-21(14-26-18(2)27-17)23(31)29-8-11-34-24(15-29,13-22(30)28-6-9-32-10-7-28)16-33-20-5-3-4-19(25)12-20/h3-5,12,14H,6-11,13,15-16H2,1-2H3/t24-/m0/s1. The van der Waals surface area contributed by atoms with E-state index in [0.29, 0.717) is 60.7 Å². The number of amides is 2. The molecule has 2 amide bonds. The van der Waals surface area contributed by atoms with Crippen LogP contribution >= 0.6 is 11.6 Å². The minimum atomic E-state index is -1.01. The van der Waals surface area contributed by atoms with Crippen LogP contribution in [0.3, 0.4) is 0 Å². The van der Waals surface area contributed by atoms with Crippen molar-refractivity contribution in [2.24, 2.45) is 0 Å². The molecule has 2 aromatic rings. The van der Waals surface area contributed by atoms with Crippen LogP contribution in [-0.4, -0.2) is 89.8 Å². The van der Waals surface area contributed by atoms with E-state index in [9.17, 15) is 9.59 Å². The largest absolute Gasteiger partial charge is 0.490 e. The summed E-state index contributed by atoms with van der Waals surface area (Å²) >= 11 is 6.10. The molecule has 182 valence electrons. The highest BCUT2D eigenvalue weighted by atomic mass is 35.5. The summed E-state index contributed by atoms with van der Waals surface area (Å²) in [6, 6.07) is 7.05. The minimum Gasteiger partial charge on any atom is -0.490 e. The Hall–Kier alpha value is -2.75. The number of benzene rings is 1. The lowest BCUT2D eigenvalue weighted by Crippen LogP contribution is -2.58. The lowest BCUT2D eigenvalue weighted by atomic mass is 9.96. The van der Waals surface area contributed by atoms with Crippen LogP contribution in [0.5, 0.6) is 5.75 Å². The second kappa shape index (κ2) is 10.7. The van der Waals surface area contributed by atoms with Crippen molar-refractivity contribution in [2.75, 3.05) is 52.6 Å². The molecule has 3 heterocycles. The molecular formula is C24H29ClN4O5. The Kier molecular flexibility index (Phi) is 7.65. The summed E-state index contributed by atoms with van der Waals surface area (Å²) in [7, 11) is 0. The maximum Gasteiger partial charge on any atom is 0.257 e. The van der Waals surface area contributed by atoms with Crippen molar-refractivity contribution < 1.29 is 23.8 Å². The van der Waals surface area contributed by atoms with Gasteiger partial charge in [0.05, 0.1) is 44.0 Å². The summed E-state index contributed by atoms with van der Waals surface area (Å²) in [5.41, 5.74) is 0.0521. The molecule has 0 N–H and O–H groups in total. The average molecular weight is 489 g/mol. The van der Waals surface area contributed by atoms with E-state index in [1.807, 2.05) is 0 Å². The number of nitrogens with zero attached hydrogens (tertiary/aromatic N) is 4. The molecule has 0 bridgehead atoms. The number of carbonyl (C=O) groups excluding carboxylic acids is 2. The van der Waals surface area contributed by atoms with Crippen molar-refractivity contribution in [1.29, 1.82) is 0 Å². The molecule has 9 nitrogen and oxygen atoms in total. The zero-order chi connectivity index (χ0) is 24.1. The molecular weight excluding hydrogens is 460 g/mol. The first-order valence-electron chi connectivity index (χ1n) is 11.3. The molecule has 4 rings (SSSR count). The van der Waals surface area contributed by atoms with Crippen molar-refractivity contribution in [3.8, 4) is 5.75 Å². The predicted molar refractivity (Wildman–Crippen MR) is 125 cm³/mol. The Morgan fingerprint density at radius 2 is 1.91 bits per heavy atom. The number of hydrogen-bond donors (Lipinski definition) is 0. The van der Waals surface area contributed by atoms with E-state index in [2.05, 4.69) is 9.97 Å². The van der Waals surface area contributed by atoms with Gasteiger partial charge in [0.1, 0.15) is 23.8 Å². The monoisotopic (exact) mass is 488 g/mol. The number of ether oxygens (including phenoxy) is 3. The smallest absolute Gasteiger partial charge is 0.257 e. The van der Waals surface area contributed by atoms with Crippen LogP contribution in [0.4, 0.5) is 0 Å². The number of halogens is 1. The zero-order valence-electron chi connectivity index (χ0n) is 19.5. The number of aromatic nitrogens is 2. The van der Waals surface area contributed by atoms with E-state index in [1.165, 1.54) is 0 Å². The minimum absolute atomic E-state index is 0.0536. The summed E-state index contributed by atoms with van der Waals surface area (Å²) in [6.45, 7) is 6.65. The Morgan fingerprint density at radius 1 is 1.15 bits per heavy atom. The average Bonchev–Trinajstić information content (AvgIpc) is 2.83. The number of hydrogen-bond acceptors (Lipinski definition) is 7. The van der Waals surface area contributed by atoms with Gasteiger partial charge in [0.2, 0.25) is 5.91 Å². The Bertz CT molecular complexity index is 1050. The van der Waals surface area contributed by atoms with Crippen LogP contribution in [0, 0.1) is 13.8 Å². The number of carbonyl (C=O) groups is 2. The third kappa shape index (κ3) is 5.84. The van der Waals surface area contributed by atoms with E-state index in [0.717, 1.165) is 0 Å². The van der Waals surface area contributed by atoms with Gasteiger partial charge in [0.25, 0.3) is 5.91 Å². The first-order valence-corrected chi connectivity index (χ1v) is 11.7. The fourth-order valence-corrected chi connectivity index (χ4v) is 4.38. The zero-order valence-corrected chi connectivity index (χ0v) is 20.2. The van der Waals surface area contributed by atoms with Crippen LogP contribution in [0.25, 0.3) is 0 Å². The van der Waals surface area contributed by atoms with Gasteiger partial charge in [-0.2, -0.15) is 0 Å². The third-order valence-electron chi connectivity index (χ3n) is 6.00. The van der Waals surface area contributed by atoms with E-state index < -0.39 is 5.60 Å². The molecule has 10 heteroatoms. The van der Waals surface area contributed by atoms with Gasteiger partial charge in [-0.25, -0.2) is 9.97 Å². The highest BCUT2D eigenvalue weighted by Crippen LogP contribution is 2.27. The number of morpholine rings is 2. The van der Waals surface area contributed by atoms with Crippen molar-refractivity contribution in [2.45, 2.75) is 25.9 Å². The Morgan fingerprint density at radius 3 is 2.65 bits per heavy atom. The van der Waals surface area contributed by atoms with E-state index in [1.54, 1.807) is 54.1 Å². The van der Waals surface area contributed by atoms with E-state index in [-0.39, 0.29) is 38.0 Å². The predicted octanol–water partition coefficient (Wildman–Crippen LogP) is 2.29. The molecule has 2 aliphatic heterocycles. The first-order chi connectivity index (χ1) is 16.3. The summed E-state index contributed by atoms with van der Waals surface area (Å²) in [5.74, 6) is 0.936. The highest BCUT2D eigenvalue weighted by molar-refractivity contribution is 6.30.